The molecule has 2 aromatic heterocycles. The normalized spacial score (nSPS) is 24.8. The van der Waals surface area contributed by atoms with E-state index in [9.17, 15) is 19.6 Å². The summed E-state index contributed by atoms with van der Waals surface area (Å²) >= 11 is 0. The van der Waals surface area contributed by atoms with Crippen LogP contribution in [0.1, 0.15) is 39.7 Å². The Hall–Kier alpha value is -3.13. The molecule has 3 heterocycles. The molecule has 3 N–H and O–H groups in total. The van der Waals surface area contributed by atoms with Crippen molar-refractivity contribution in [3.8, 4) is 5.75 Å². The van der Waals surface area contributed by atoms with Crippen molar-refractivity contribution in [3.05, 3.63) is 42.5 Å². The molecule has 1 aliphatic rings. The number of aliphatic hydroxyl groups excluding tert-OH is 1. The molecule has 0 amide bonds. The first-order valence-corrected chi connectivity index (χ1v) is 14.7. The van der Waals surface area contributed by atoms with Crippen LogP contribution >= 0.6 is 7.75 Å². The number of nitrogens with zero attached hydrogens (tertiary/aromatic N) is 5. The number of esters is 1. The lowest BCUT2D eigenvalue weighted by atomic mass is 9.96. The van der Waals surface area contributed by atoms with Gasteiger partial charge in [-0.3, -0.25) is 13.9 Å². The number of imidazole rings is 1. The zero-order valence-corrected chi connectivity index (χ0v) is 25.0. The molecule has 0 bridgehead atoms. The molecule has 14 nitrogen and oxygen atoms in total. The first-order chi connectivity index (χ1) is 19.2. The number of nitrogens with one attached hydrogen (secondary N) is 1. The van der Waals surface area contributed by atoms with E-state index in [2.05, 4.69) is 20.0 Å². The molecule has 1 fully saturated rings. The number of aliphatic hydroxyl groups is 2. The predicted octanol–water partition coefficient (Wildman–Crippen LogP) is 2.34. The largest absolute Gasteiger partial charge is 0.462 e. The number of rotatable bonds is 11. The number of fused-ring (bicyclic) bond motifs is 1. The van der Waals surface area contributed by atoms with Gasteiger partial charge in [-0.05, 0) is 46.8 Å². The SMILES string of the molecule is Cc1nc(N(C)C)c2ncn([C@@H]3O[C@H](COP(=O)(N[C@@H](C)C(=O)OC(C)C)Oc4ccccc4)[C@@H](O)[C@@]3(C)O)c2n1. The summed E-state index contributed by atoms with van der Waals surface area (Å²) in [6.45, 7) is 7.55. The summed E-state index contributed by atoms with van der Waals surface area (Å²) in [6.07, 6.45) is -2.66. The molecule has 1 aliphatic heterocycles. The molecular formula is C26H37N6O8P. The van der Waals surface area contributed by atoms with Crippen molar-refractivity contribution in [3.63, 3.8) is 0 Å². The number of aryl methyl sites for hydroxylation is 1. The van der Waals surface area contributed by atoms with Gasteiger partial charge in [0.2, 0.25) is 0 Å². The monoisotopic (exact) mass is 592 g/mol. The highest BCUT2D eigenvalue weighted by molar-refractivity contribution is 7.52. The molecule has 4 rings (SSSR count). The molecule has 1 saturated heterocycles. The van der Waals surface area contributed by atoms with E-state index in [0.29, 0.717) is 22.8 Å². The van der Waals surface area contributed by atoms with Crippen molar-refractivity contribution in [2.75, 3.05) is 25.6 Å². The molecule has 3 aromatic rings. The highest BCUT2D eigenvalue weighted by atomic mass is 31.2. The van der Waals surface area contributed by atoms with E-state index in [-0.39, 0.29) is 11.9 Å². The van der Waals surface area contributed by atoms with Crippen LogP contribution in [0.2, 0.25) is 0 Å². The Kier molecular flexibility index (Phi) is 9.02. The zero-order valence-electron chi connectivity index (χ0n) is 24.1. The van der Waals surface area contributed by atoms with Crippen LogP contribution in [-0.2, 0) is 23.4 Å². The fourth-order valence-corrected chi connectivity index (χ4v) is 5.88. The first-order valence-electron chi connectivity index (χ1n) is 13.1. The third kappa shape index (κ3) is 6.69. The van der Waals surface area contributed by atoms with E-state index >= 15 is 0 Å². The number of para-hydroxylation sites is 1. The fraction of sp³-hybridized carbons (Fsp3) is 0.538. The summed E-state index contributed by atoms with van der Waals surface area (Å²) in [5, 5.41) is 25.0. The van der Waals surface area contributed by atoms with Gasteiger partial charge >= 0.3 is 13.7 Å². The van der Waals surface area contributed by atoms with Crippen molar-refractivity contribution >= 4 is 30.7 Å². The van der Waals surface area contributed by atoms with Crippen LogP contribution in [0, 0.1) is 6.92 Å². The van der Waals surface area contributed by atoms with Gasteiger partial charge in [-0.2, -0.15) is 5.09 Å². The Morgan fingerprint density at radius 1 is 1.24 bits per heavy atom. The smallest absolute Gasteiger partial charge is 0.459 e. The van der Waals surface area contributed by atoms with Crippen molar-refractivity contribution in [2.24, 2.45) is 0 Å². The van der Waals surface area contributed by atoms with Crippen molar-refractivity contribution in [2.45, 2.75) is 70.8 Å². The third-order valence-electron chi connectivity index (χ3n) is 6.38. The average molecular weight is 593 g/mol. The van der Waals surface area contributed by atoms with E-state index in [1.807, 2.05) is 14.1 Å². The maximum absolute atomic E-state index is 13.8. The van der Waals surface area contributed by atoms with E-state index in [0.717, 1.165) is 0 Å². The van der Waals surface area contributed by atoms with Crippen molar-refractivity contribution in [1.82, 2.24) is 24.6 Å². The van der Waals surface area contributed by atoms with Gasteiger partial charge in [0, 0.05) is 14.1 Å². The lowest BCUT2D eigenvalue weighted by Crippen LogP contribution is -2.44. The topological polar surface area (TPSA) is 170 Å². The fourth-order valence-electron chi connectivity index (χ4n) is 4.37. The zero-order chi connectivity index (χ0) is 30.1. The summed E-state index contributed by atoms with van der Waals surface area (Å²) < 4.78 is 38.0. The minimum absolute atomic E-state index is 0.224. The Labute approximate surface area is 238 Å². The number of hydrogen-bond acceptors (Lipinski definition) is 12. The highest BCUT2D eigenvalue weighted by Crippen LogP contribution is 2.47. The summed E-state index contributed by atoms with van der Waals surface area (Å²) in [6, 6.07) is 7.23. The molecule has 1 aromatic carbocycles. The summed E-state index contributed by atoms with van der Waals surface area (Å²) in [4.78, 5) is 27.5. The number of carbonyl (C=O) groups excluding carboxylic acids is 1. The van der Waals surface area contributed by atoms with E-state index in [1.165, 1.54) is 24.7 Å². The van der Waals surface area contributed by atoms with Crippen LogP contribution in [0.5, 0.6) is 5.75 Å². The van der Waals surface area contributed by atoms with E-state index in [1.54, 1.807) is 56.0 Å². The number of benzene rings is 1. The van der Waals surface area contributed by atoms with Crippen LogP contribution in [0.25, 0.3) is 11.2 Å². The minimum atomic E-state index is -4.23. The molecule has 0 saturated carbocycles. The molecule has 41 heavy (non-hydrogen) atoms. The molecule has 6 atom stereocenters. The van der Waals surface area contributed by atoms with Crippen LogP contribution in [0.4, 0.5) is 5.82 Å². The third-order valence-corrected chi connectivity index (χ3v) is 8.02. The van der Waals surface area contributed by atoms with Crippen LogP contribution in [0.3, 0.4) is 0 Å². The molecule has 0 radical (unpaired) electrons. The summed E-state index contributed by atoms with van der Waals surface area (Å²) in [5.74, 6) is 0.639. The van der Waals surface area contributed by atoms with Gasteiger partial charge in [-0.25, -0.2) is 19.5 Å². The quantitative estimate of drug-likeness (QED) is 0.219. The van der Waals surface area contributed by atoms with Crippen LogP contribution in [0.15, 0.2) is 36.7 Å². The van der Waals surface area contributed by atoms with Crippen molar-refractivity contribution in [1.29, 1.82) is 0 Å². The predicted molar refractivity (Wildman–Crippen MR) is 149 cm³/mol. The van der Waals surface area contributed by atoms with Gasteiger partial charge < -0.3 is 29.1 Å². The summed E-state index contributed by atoms with van der Waals surface area (Å²) in [7, 11) is -0.575. The maximum atomic E-state index is 13.8. The number of aromatic nitrogens is 4. The second-order valence-electron chi connectivity index (χ2n) is 10.5. The highest BCUT2D eigenvalue weighted by Gasteiger charge is 2.54. The van der Waals surface area contributed by atoms with Crippen LogP contribution < -0.4 is 14.5 Å². The lowest BCUT2D eigenvalue weighted by molar-refractivity contribution is -0.149. The number of anilines is 1. The Balaban J connectivity index is 1.57. The Morgan fingerprint density at radius 3 is 2.56 bits per heavy atom. The minimum Gasteiger partial charge on any atom is -0.462 e. The summed E-state index contributed by atoms with van der Waals surface area (Å²) in [5.41, 5.74) is -0.927. The van der Waals surface area contributed by atoms with E-state index in [4.69, 9.17) is 18.5 Å². The lowest BCUT2D eigenvalue weighted by Gasteiger charge is -2.27. The van der Waals surface area contributed by atoms with Crippen LogP contribution in [-0.4, -0.2) is 86.4 Å². The number of ether oxygens (including phenoxy) is 2. The van der Waals surface area contributed by atoms with Gasteiger partial charge in [0.25, 0.3) is 0 Å². The van der Waals surface area contributed by atoms with Gasteiger partial charge in [0.15, 0.2) is 23.2 Å². The molecule has 224 valence electrons. The molecule has 1 unspecified atom stereocenters. The Morgan fingerprint density at radius 2 is 1.93 bits per heavy atom. The standard InChI is InChI=1S/C26H37N6O8P/c1-15(2)38-24(34)16(3)30-41(36,40-18-11-9-8-10-12-18)37-13-19-21(33)26(5,35)25(39-19)32-14-27-20-22(31(6)7)28-17(4)29-23(20)32/h8-12,14-16,19,21,25,33,35H,13H2,1-7H3,(H,30,36)/t16-,19+,21+,25+,26+,41?/m0/s1. The second-order valence-corrected chi connectivity index (χ2v) is 12.2. The number of hydrogen-bond donors (Lipinski definition) is 3. The van der Waals surface area contributed by atoms with Gasteiger partial charge in [-0.15, -0.1) is 0 Å². The average Bonchev–Trinajstić information content (AvgIpc) is 3.40. The van der Waals surface area contributed by atoms with Gasteiger partial charge in [0.1, 0.15) is 35.4 Å². The van der Waals surface area contributed by atoms with E-state index < -0.39 is 50.4 Å². The molecule has 0 aliphatic carbocycles. The molecule has 0 spiro atoms. The first kappa shape index (κ1) is 30.8. The molecular weight excluding hydrogens is 555 g/mol. The number of carbonyl (C=O) groups is 1. The van der Waals surface area contributed by atoms with Crippen molar-refractivity contribution < 1.29 is 38.1 Å². The Bertz CT molecular complexity index is 1420. The second kappa shape index (κ2) is 12.0. The van der Waals surface area contributed by atoms with Gasteiger partial charge in [0.05, 0.1) is 19.0 Å². The molecule has 15 heteroatoms. The maximum Gasteiger partial charge on any atom is 0.459 e. The van der Waals surface area contributed by atoms with Gasteiger partial charge in [-0.1, -0.05) is 18.2 Å².